The number of aromatic nitrogens is 2. The second kappa shape index (κ2) is 5.77. The van der Waals surface area contributed by atoms with Crippen LogP contribution in [0, 0.1) is 0 Å². The molecule has 0 saturated heterocycles. The number of imidazole rings is 1. The van der Waals surface area contributed by atoms with Crippen molar-refractivity contribution in [1.82, 2.24) is 9.55 Å². The van der Waals surface area contributed by atoms with Crippen molar-refractivity contribution in [2.24, 2.45) is 5.73 Å². The van der Waals surface area contributed by atoms with Crippen LogP contribution in [0.2, 0.25) is 0 Å². The Kier molecular flexibility index (Phi) is 3.85. The van der Waals surface area contributed by atoms with Crippen molar-refractivity contribution in [1.29, 1.82) is 0 Å². The van der Waals surface area contributed by atoms with Crippen LogP contribution in [0.15, 0.2) is 42.9 Å². The van der Waals surface area contributed by atoms with Crippen LogP contribution in [0.3, 0.4) is 0 Å². The van der Waals surface area contributed by atoms with E-state index >= 15 is 0 Å². The van der Waals surface area contributed by atoms with Gasteiger partial charge in [0.15, 0.2) is 0 Å². The maximum absolute atomic E-state index is 6.40. The molecule has 1 aromatic carbocycles. The molecule has 0 bridgehead atoms. The summed E-state index contributed by atoms with van der Waals surface area (Å²) in [5.41, 5.74) is 8.61. The SMILES string of the molecule is COC1CCC(n2cncc2C(N)c2ccccc2)C1. The third-order valence-electron chi connectivity index (χ3n) is 4.26. The molecular formula is C16H21N3O. The molecule has 2 N–H and O–H groups in total. The molecule has 106 valence electrons. The molecule has 3 rings (SSSR count). The number of hydrogen-bond donors (Lipinski definition) is 1. The van der Waals surface area contributed by atoms with Gasteiger partial charge >= 0.3 is 0 Å². The van der Waals surface area contributed by atoms with Crippen molar-refractivity contribution in [3.8, 4) is 0 Å². The van der Waals surface area contributed by atoms with Gasteiger partial charge in [0.1, 0.15) is 0 Å². The van der Waals surface area contributed by atoms with Crippen LogP contribution < -0.4 is 5.73 Å². The largest absolute Gasteiger partial charge is 0.381 e. The summed E-state index contributed by atoms with van der Waals surface area (Å²) in [6, 6.07) is 10.5. The van der Waals surface area contributed by atoms with E-state index in [-0.39, 0.29) is 6.04 Å². The predicted molar refractivity (Wildman–Crippen MR) is 78.4 cm³/mol. The highest BCUT2D eigenvalue weighted by Crippen LogP contribution is 2.34. The molecule has 1 saturated carbocycles. The molecule has 4 nitrogen and oxygen atoms in total. The van der Waals surface area contributed by atoms with E-state index in [0.717, 1.165) is 30.5 Å². The van der Waals surface area contributed by atoms with E-state index in [0.29, 0.717) is 12.1 Å². The maximum atomic E-state index is 6.40. The van der Waals surface area contributed by atoms with Crippen molar-refractivity contribution in [2.45, 2.75) is 37.5 Å². The van der Waals surface area contributed by atoms with Gasteiger partial charge in [0, 0.05) is 13.2 Å². The van der Waals surface area contributed by atoms with Gasteiger partial charge in [0.2, 0.25) is 0 Å². The normalized spacial score (nSPS) is 23.9. The molecule has 0 aliphatic heterocycles. The highest BCUT2D eigenvalue weighted by molar-refractivity contribution is 5.26. The van der Waals surface area contributed by atoms with E-state index < -0.39 is 0 Å². The van der Waals surface area contributed by atoms with E-state index in [1.807, 2.05) is 30.7 Å². The molecule has 0 amide bonds. The Morgan fingerprint density at radius 1 is 1.30 bits per heavy atom. The quantitative estimate of drug-likeness (QED) is 0.930. The average molecular weight is 271 g/mol. The third kappa shape index (κ3) is 2.49. The number of methoxy groups -OCH3 is 1. The molecule has 4 heteroatoms. The second-order valence-corrected chi connectivity index (χ2v) is 5.44. The molecule has 1 fully saturated rings. The molecule has 20 heavy (non-hydrogen) atoms. The fourth-order valence-electron chi connectivity index (χ4n) is 3.08. The lowest BCUT2D eigenvalue weighted by molar-refractivity contribution is 0.105. The second-order valence-electron chi connectivity index (χ2n) is 5.44. The molecule has 0 spiro atoms. The zero-order valence-corrected chi connectivity index (χ0v) is 11.8. The lowest BCUT2D eigenvalue weighted by Gasteiger charge is -2.20. The molecule has 2 aromatic rings. The Bertz CT molecular complexity index is 552. The number of nitrogens with two attached hydrogens (primary N) is 1. The van der Waals surface area contributed by atoms with Gasteiger partial charge in [-0.25, -0.2) is 4.98 Å². The first-order valence-corrected chi connectivity index (χ1v) is 7.14. The number of benzene rings is 1. The first-order valence-electron chi connectivity index (χ1n) is 7.14. The van der Waals surface area contributed by atoms with Gasteiger partial charge in [0.25, 0.3) is 0 Å². The lowest BCUT2D eigenvalue weighted by Crippen LogP contribution is -2.19. The van der Waals surface area contributed by atoms with E-state index in [1.54, 1.807) is 7.11 Å². The van der Waals surface area contributed by atoms with Crippen LogP contribution in [-0.2, 0) is 4.74 Å². The Balaban J connectivity index is 1.84. The molecule has 1 aliphatic rings. The van der Waals surface area contributed by atoms with Crippen molar-refractivity contribution >= 4 is 0 Å². The van der Waals surface area contributed by atoms with Crippen molar-refractivity contribution in [3.63, 3.8) is 0 Å². The zero-order chi connectivity index (χ0) is 13.9. The number of nitrogens with zero attached hydrogens (tertiary/aromatic N) is 2. The molecule has 1 heterocycles. The van der Waals surface area contributed by atoms with Crippen molar-refractivity contribution in [2.75, 3.05) is 7.11 Å². The maximum Gasteiger partial charge on any atom is 0.0951 e. The summed E-state index contributed by atoms with van der Waals surface area (Å²) in [5, 5.41) is 0. The van der Waals surface area contributed by atoms with Crippen LogP contribution >= 0.6 is 0 Å². The van der Waals surface area contributed by atoms with E-state index in [4.69, 9.17) is 10.5 Å². The van der Waals surface area contributed by atoms with Gasteiger partial charge in [-0.15, -0.1) is 0 Å². The highest BCUT2D eigenvalue weighted by atomic mass is 16.5. The van der Waals surface area contributed by atoms with Gasteiger partial charge < -0.3 is 15.0 Å². The topological polar surface area (TPSA) is 53.1 Å². The summed E-state index contributed by atoms with van der Waals surface area (Å²) < 4.78 is 7.69. The summed E-state index contributed by atoms with van der Waals surface area (Å²) in [4.78, 5) is 4.31. The summed E-state index contributed by atoms with van der Waals surface area (Å²) >= 11 is 0. The minimum absolute atomic E-state index is 0.125. The van der Waals surface area contributed by atoms with Crippen LogP contribution in [0.1, 0.15) is 42.6 Å². The smallest absolute Gasteiger partial charge is 0.0951 e. The molecule has 3 atom stereocenters. The highest BCUT2D eigenvalue weighted by Gasteiger charge is 2.28. The van der Waals surface area contributed by atoms with Crippen molar-refractivity contribution in [3.05, 3.63) is 54.1 Å². The summed E-state index contributed by atoms with van der Waals surface area (Å²) in [6.45, 7) is 0. The van der Waals surface area contributed by atoms with Gasteiger partial charge in [-0.05, 0) is 24.8 Å². The van der Waals surface area contributed by atoms with Crippen molar-refractivity contribution < 1.29 is 4.74 Å². The molecular weight excluding hydrogens is 250 g/mol. The lowest BCUT2D eigenvalue weighted by atomic mass is 10.0. The Morgan fingerprint density at radius 2 is 2.10 bits per heavy atom. The molecule has 3 unspecified atom stereocenters. The number of rotatable bonds is 4. The first-order chi connectivity index (χ1) is 9.79. The summed E-state index contributed by atoms with van der Waals surface area (Å²) in [6.07, 6.45) is 7.44. The molecule has 1 aliphatic carbocycles. The van der Waals surface area contributed by atoms with Crippen LogP contribution in [0.5, 0.6) is 0 Å². The summed E-state index contributed by atoms with van der Waals surface area (Å²) in [7, 11) is 1.79. The van der Waals surface area contributed by atoms with Gasteiger partial charge in [0.05, 0.1) is 30.4 Å². The minimum Gasteiger partial charge on any atom is -0.381 e. The zero-order valence-electron chi connectivity index (χ0n) is 11.8. The fourth-order valence-corrected chi connectivity index (χ4v) is 3.08. The third-order valence-corrected chi connectivity index (χ3v) is 4.26. The predicted octanol–water partition coefficient (Wildman–Crippen LogP) is 2.67. The monoisotopic (exact) mass is 271 g/mol. The molecule has 1 aromatic heterocycles. The Hall–Kier alpha value is -1.65. The van der Waals surface area contributed by atoms with Crippen LogP contribution in [0.25, 0.3) is 0 Å². The van der Waals surface area contributed by atoms with Gasteiger partial charge in [-0.2, -0.15) is 0 Å². The van der Waals surface area contributed by atoms with E-state index in [9.17, 15) is 0 Å². The number of hydrogen-bond acceptors (Lipinski definition) is 3. The molecule has 0 radical (unpaired) electrons. The summed E-state index contributed by atoms with van der Waals surface area (Å²) in [5.74, 6) is 0. The van der Waals surface area contributed by atoms with E-state index in [2.05, 4.69) is 21.7 Å². The standard InChI is InChI=1S/C16H21N3O/c1-20-14-8-7-13(9-14)19-11-18-10-15(19)16(17)12-5-3-2-4-6-12/h2-6,10-11,13-14,16H,7-9,17H2,1H3. The van der Waals surface area contributed by atoms with Crippen LogP contribution in [-0.4, -0.2) is 22.8 Å². The Labute approximate surface area is 119 Å². The van der Waals surface area contributed by atoms with E-state index in [1.165, 1.54) is 0 Å². The first kappa shape index (κ1) is 13.3. The van der Waals surface area contributed by atoms with Gasteiger partial charge in [-0.3, -0.25) is 0 Å². The average Bonchev–Trinajstić information content (AvgIpc) is 3.15. The van der Waals surface area contributed by atoms with Gasteiger partial charge in [-0.1, -0.05) is 30.3 Å². The fraction of sp³-hybridized carbons (Fsp3) is 0.438. The van der Waals surface area contributed by atoms with Crippen LogP contribution in [0.4, 0.5) is 0 Å². The Morgan fingerprint density at radius 3 is 2.80 bits per heavy atom. The minimum atomic E-state index is -0.125. The number of ether oxygens (including phenoxy) is 1.